The number of carbonyl (C=O) groups is 1. The molecule has 192 valence electrons. The van der Waals surface area contributed by atoms with Crippen LogP contribution in [-0.4, -0.2) is 34.1 Å². The van der Waals surface area contributed by atoms with Crippen molar-refractivity contribution >= 4 is 21.6 Å². The summed E-state index contributed by atoms with van der Waals surface area (Å²) in [6, 6.07) is 17.5. The SMILES string of the molecule is COc1cc(CNC(=O)CN(c2ccc(C)cc2C)S(=O)(=O)c2ccc(C)cc2)ccc1OC(C)C. The molecule has 3 aromatic carbocycles. The summed E-state index contributed by atoms with van der Waals surface area (Å²) in [5.74, 6) is 0.759. The molecular weight excluding hydrogens is 476 g/mol. The third kappa shape index (κ3) is 6.57. The minimum absolute atomic E-state index is 0.00357. The first kappa shape index (κ1) is 27.1. The van der Waals surface area contributed by atoms with Gasteiger partial charge >= 0.3 is 0 Å². The lowest BCUT2D eigenvalue weighted by molar-refractivity contribution is -0.119. The first-order valence-corrected chi connectivity index (χ1v) is 13.2. The van der Waals surface area contributed by atoms with Crippen LogP contribution in [0.1, 0.15) is 36.1 Å². The van der Waals surface area contributed by atoms with Gasteiger partial charge in [0, 0.05) is 6.54 Å². The third-order valence-corrected chi connectivity index (χ3v) is 7.37. The molecule has 0 aliphatic rings. The number of hydrogen-bond acceptors (Lipinski definition) is 5. The Kier molecular flexibility index (Phi) is 8.63. The number of carbonyl (C=O) groups excluding carboxylic acids is 1. The van der Waals surface area contributed by atoms with Crippen LogP contribution in [-0.2, 0) is 21.4 Å². The molecule has 0 heterocycles. The molecule has 0 atom stereocenters. The number of rotatable bonds is 10. The molecular formula is C28H34N2O5S. The Labute approximate surface area is 214 Å². The number of amides is 1. The molecule has 8 heteroatoms. The van der Waals surface area contributed by atoms with Crippen LogP contribution < -0.4 is 19.1 Å². The van der Waals surface area contributed by atoms with Crippen LogP contribution in [0.5, 0.6) is 11.5 Å². The molecule has 1 amide bonds. The maximum Gasteiger partial charge on any atom is 0.264 e. The van der Waals surface area contributed by atoms with Gasteiger partial charge in [-0.3, -0.25) is 9.10 Å². The standard InChI is InChI=1S/C28H34N2O5S/c1-19(2)35-26-14-10-23(16-27(26)34-6)17-29-28(31)18-30(25-13-9-21(4)15-22(25)5)36(32,33)24-11-7-20(3)8-12-24/h7-16,19H,17-18H2,1-6H3,(H,29,31). The van der Waals surface area contributed by atoms with Crippen LogP contribution in [0, 0.1) is 20.8 Å². The fourth-order valence-electron chi connectivity index (χ4n) is 3.78. The highest BCUT2D eigenvalue weighted by atomic mass is 32.2. The monoisotopic (exact) mass is 510 g/mol. The Morgan fingerprint density at radius 2 is 1.58 bits per heavy atom. The second-order valence-corrected chi connectivity index (χ2v) is 10.9. The number of sulfonamides is 1. The highest BCUT2D eigenvalue weighted by Gasteiger charge is 2.28. The number of nitrogens with zero attached hydrogens (tertiary/aromatic N) is 1. The zero-order chi connectivity index (χ0) is 26.5. The van der Waals surface area contributed by atoms with Gasteiger partial charge in [0.15, 0.2) is 11.5 Å². The van der Waals surface area contributed by atoms with Crippen molar-refractivity contribution in [1.29, 1.82) is 0 Å². The largest absolute Gasteiger partial charge is 0.493 e. The predicted molar refractivity (Wildman–Crippen MR) is 142 cm³/mol. The van der Waals surface area contributed by atoms with E-state index in [9.17, 15) is 13.2 Å². The fourth-order valence-corrected chi connectivity index (χ4v) is 5.27. The van der Waals surface area contributed by atoms with Gasteiger partial charge in [-0.25, -0.2) is 8.42 Å². The van der Waals surface area contributed by atoms with Gasteiger partial charge in [0.1, 0.15) is 6.54 Å². The third-order valence-electron chi connectivity index (χ3n) is 5.60. The molecule has 0 saturated carbocycles. The molecule has 0 aliphatic heterocycles. The van der Waals surface area contributed by atoms with Gasteiger partial charge in [-0.15, -0.1) is 0 Å². The molecule has 0 bridgehead atoms. The molecule has 1 N–H and O–H groups in total. The summed E-state index contributed by atoms with van der Waals surface area (Å²) in [6.07, 6.45) is -0.00357. The van der Waals surface area contributed by atoms with Crippen molar-refractivity contribution < 1.29 is 22.7 Å². The molecule has 0 fully saturated rings. The van der Waals surface area contributed by atoms with E-state index in [0.717, 1.165) is 22.3 Å². The van der Waals surface area contributed by atoms with E-state index in [1.54, 1.807) is 49.6 Å². The predicted octanol–water partition coefficient (Wildman–Crippen LogP) is 4.92. The molecule has 0 aliphatic carbocycles. The van der Waals surface area contributed by atoms with E-state index in [-0.39, 0.29) is 24.1 Å². The molecule has 3 rings (SSSR count). The van der Waals surface area contributed by atoms with Gasteiger partial charge in [0.05, 0.1) is 23.8 Å². The normalized spacial score (nSPS) is 11.3. The zero-order valence-corrected chi connectivity index (χ0v) is 22.5. The van der Waals surface area contributed by atoms with Gasteiger partial charge < -0.3 is 14.8 Å². The van der Waals surface area contributed by atoms with Crippen molar-refractivity contribution in [2.45, 2.75) is 52.2 Å². The molecule has 0 spiro atoms. The van der Waals surface area contributed by atoms with Crippen LogP contribution in [0.25, 0.3) is 0 Å². The highest BCUT2D eigenvalue weighted by molar-refractivity contribution is 7.92. The van der Waals surface area contributed by atoms with Crippen LogP contribution in [0.4, 0.5) is 5.69 Å². The first-order chi connectivity index (χ1) is 17.0. The summed E-state index contributed by atoms with van der Waals surface area (Å²) in [5.41, 5.74) is 3.99. The lowest BCUT2D eigenvalue weighted by Crippen LogP contribution is -2.41. The van der Waals surface area contributed by atoms with E-state index >= 15 is 0 Å². The number of methoxy groups -OCH3 is 1. The first-order valence-electron chi connectivity index (χ1n) is 11.8. The summed E-state index contributed by atoms with van der Waals surface area (Å²) >= 11 is 0. The van der Waals surface area contributed by atoms with Gasteiger partial charge in [-0.2, -0.15) is 0 Å². The minimum atomic E-state index is -3.98. The Balaban J connectivity index is 1.84. The van der Waals surface area contributed by atoms with Crippen molar-refractivity contribution in [3.05, 3.63) is 82.9 Å². The highest BCUT2D eigenvalue weighted by Crippen LogP contribution is 2.30. The summed E-state index contributed by atoms with van der Waals surface area (Å²) in [4.78, 5) is 13.1. The van der Waals surface area contributed by atoms with Crippen molar-refractivity contribution in [2.24, 2.45) is 0 Å². The van der Waals surface area contributed by atoms with Crippen molar-refractivity contribution in [1.82, 2.24) is 5.32 Å². The molecule has 36 heavy (non-hydrogen) atoms. The molecule has 0 aromatic heterocycles. The summed E-state index contributed by atoms with van der Waals surface area (Å²) in [7, 11) is -2.42. The van der Waals surface area contributed by atoms with Crippen LogP contribution in [0.15, 0.2) is 65.6 Å². The second-order valence-electron chi connectivity index (χ2n) is 9.04. The maximum absolute atomic E-state index is 13.6. The number of anilines is 1. The minimum Gasteiger partial charge on any atom is -0.493 e. The smallest absolute Gasteiger partial charge is 0.264 e. The summed E-state index contributed by atoms with van der Waals surface area (Å²) < 4.78 is 39.6. The van der Waals surface area contributed by atoms with Gasteiger partial charge in [-0.1, -0.05) is 41.5 Å². The maximum atomic E-state index is 13.6. The Morgan fingerprint density at radius 3 is 2.19 bits per heavy atom. The van der Waals surface area contributed by atoms with E-state index in [4.69, 9.17) is 9.47 Å². The van der Waals surface area contributed by atoms with E-state index in [1.807, 2.05) is 52.8 Å². The van der Waals surface area contributed by atoms with E-state index in [1.165, 1.54) is 4.31 Å². The molecule has 0 radical (unpaired) electrons. The lowest BCUT2D eigenvalue weighted by Gasteiger charge is -2.26. The average Bonchev–Trinajstić information content (AvgIpc) is 2.82. The Morgan fingerprint density at radius 1 is 0.917 bits per heavy atom. The number of hydrogen-bond donors (Lipinski definition) is 1. The van der Waals surface area contributed by atoms with E-state index in [0.29, 0.717) is 17.2 Å². The molecule has 7 nitrogen and oxygen atoms in total. The number of ether oxygens (including phenoxy) is 2. The second kappa shape index (κ2) is 11.5. The van der Waals surface area contributed by atoms with Gasteiger partial charge in [0.2, 0.25) is 5.91 Å². The average molecular weight is 511 g/mol. The van der Waals surface area contributed by atoms with Crippen LogP contribution >= 0.6 is 0 Å². The van der Waals surface area contributed by atoms with Crippen molar-refractivity contribution in [2.75, 3.05) is 18.0 Å². The summed E-state index contributed by atoms with van der Waals surface area (Å²) in [6.45, 7) is 9.38. The number of nitrogens with one attached hydrogen (secondary N) is 1. The fraction of sp³-hybridized carbons (Fsp3) is 0.321. The zero-order valence-electron chi connectivity index (χ0n) is 21.7. The Hall–Kier alpha value is -3.52. The lowest BCUT2D eigenvalue weighted by atomic mass is 10.1. The number of benzene rings is 3. The van der Waals surface area contributed by atoms with Crippen molar-refractivity contribution in [3.8, 4) is 11.5 Å². The van der Waals surface area contributed by atoms with Crippen molar-refractivity contribution in [3.63, 3.8) is 0 Å². The van der Waals surface area contributed by atoms with Gasteiger partial charge in [-0.05, 0) is 76.1 Å². The van der Waals surface area contributed by atoms with Crippen LogP contribution in [0.3, 0.4) is 0 Å². The van der Waals surface area contributed by atoms with Crippen LogP contribution in [0.2, 0.25) is 0 Å². The quantitative estimate of drug-likeness (QED) is 0.419. The Bertz CT molecular complexity index is 1320. The van der Waals surface area contributed by atoms with E-state index in [2.05, 4.69) is 5.32 Å². The summed E-state index contributed by atoms with van der Waals surface area (Å²) in [5, 5.41) is 2.83. The van der Waals surface area contributed by atoms with Gasteiger partial charge in [0.25, 0.3) is 10.0 Å². The molecule has 0 saturated heterocycles. The molecule has 0 unspecified atom stereocenters. The topological polar surface area (TPSA) is 84.9 Å². The number of aryl methyl sites for hydroxylation is 3. The molecule has 3 aromatic rings. The van der Waals surface area contributed by atoms with E-state index < -0.39 is 15.9 Å².